The molecule has 0 radical (unpaired) electrons. The zero-order valence-electron chi connectivity index (χ0n) is 24.2. The van der Waals surface area contributed by atoms with Crippen molar-refractivity contribution in [2.24, 2.45) is 0 Å². The Hall–Kier alpha value is -4.67. The van der Waals surface area contributed by atoms with Gasteiger partial charge in [0.05, 0.1) is 0 Å². The van der Waals surface area contributed by atoms with E-state index in [1.54, 1.807) is 0 Å². The van der Waals surface area contributed by atoms with E-state index < -0.39 is 0 Å². The van der Waals surface area contributed by atoms with Gasteiger partial charge < -0.3 is 0 Å². The van der Waals surface area contributed by atoms with Crippen LogP contribution in [-0.4, -0.2) is 15.0 Å². The molecule has 0 aliphatic carbocycles. The minimum absolute atomic E-state index is 0.644. The summed E-state index contributed by atoms with van der Waals surface area (Å²) in [7, 11) is 0. The summed E-state index contributed by atoms with van der Waals surface area (Å²) in [4.78, 5) is 15.0. The first-order valence-corrected chi connectivity index (χ1v) is 15.5. The summed E-state index contributed by atoms with van der Waals surface area (Å²) < 4.78 is 0.972. The third-order valence-electron chi connectivity index (χ3n) is 7.93. The van der Waals surface area contributed by atoms with Crippen LogP contribution in [0.15, 0.2) is 126 Å². The van der Waals surface area contributed by atoms with Crippen LogP contribution in [0.3, 0.4) is 0 Å². The van der Waals surface area contributed by atoms with Crippen LogP contribution >= 0.6 is 15.9 Å². The molecule has 0 amide bonds. The second-order valence-electron chi connectivity index (χ2n) is 11.0. The molecule has 43 heavy (non-hydrogen) atoms. The molecule has 0 unspecified atom stereocenters. The lowest BCUT2D eigenvalue weighted by Crippen LogP contribution is -2.00. The normalized spacial score (nSPS) is 11.3. The second-order valence-corrected chi connectivity index (χ2v) is 12.0. The monoisotopic (exact) mass is 619 g/mol. The Morgan fingerprint density at radius 3 is 1.77 bits per heavy atom. The molecule has 6 aromatic carbocycles. The van der Waals surface area contributed by atoms with Gasteiger partial charge in [-0.1, -0.05) is 132 Å². The minimum Gasteiger partial charge on any atom is -0.208 e. The van der Waals surface area contributed by atoms with Crippen molar-refractivity contribution >= 4 is 37.5 Å². The van der Waals surface area contributed by atoms with Gasteiger partial charge in [-0.05, 0) is 75.8 Å². The number of hydrogen-bond acceptors (Lipinski definition) is 3. The maximum absolute atomic E-state index is 5.04. The van der Waals surface area contributed by atoms with Crippen LogP contribution in [0, 0.1) is 6.92 Å². The molecule has 0 bridgehead atoms. The zero-order valence-corrected chi connectivity index (χ0v) is 25.8. The Morgan fingerprint density at radius 2 is 1.09 bits per heavy atom. The van der Waals surface area contributed by atoms with Gasteiger partial charge in [0, 0.05) is 21.2 Å². The van der Waals surface area contributed by atoms with Gasteiger partial charge in [-0.3, -0.25) is 0 Å². The number of hydrogen-bond donors (Lipinski definition) is 0. The van der Waals surface area contributed by atoms with Crippen LogP contribution in [0.4, 0.5) is 0 Å². The van der Waals surface area contributed by atoms with E-state index >= 15 is 0 Å². The number of nitrogens with zero attached hydrogens (tertiary/aromatic N) is 3. The molecule has 0 N–H and O–H groups in total. The molecule has 1 heterocycles. The number of rotatable bonds is 6. The number of fused-ring (bicyclic) bond motifs is 3. The summed E-state index contributed by atoms with van der Waals surface area (Å²) in [6, 6.07) is 42.9. The Labute approximate surface area is 260 Å². The van der Waals surface area contributed by atoms with E-state index in [4.69, 9.17) is 15.0 Å². The smallest absolute Gasteiger partial charge is 0.164 e. The van der Waals surface area contributed by atoms with Gasteiger partial charge in [-0.25, -0.2) is 15.0 Å². The lowest BCUT2D eigenvalue weighted by Gasteiger charge is -2.13. The van der Waals surface area contributed by atoms with Gasteiger partial charge in [-0.2, -0.15) is 0 Å². The molecular formula is C39H30BrN3. The Balaban J connectivity index is 1.41. The van der Waals surface area contributed by atoms with Crippen LogP contribution < -0.4 is 0 Å². The van der Waals surface area contributed by atoms with Crippen molar-refractivity contribution in [3.05, 3.63) is 137 Å². The summed E-state index contributed by atoms with van der Waals surface area (Å²) in [5.74, 6) is 1.97. The fraction of sp³-hybridized carbons (Fsp3) is 0.103. The molecule has 0 fully saturated rings. The first kappa shape index (κ1) is 27.2. The molecule has 0 saturated carbocycles. The predicted octanol–water partition coefficient (Wildman–Crippen LogP) is 10.9. The third-order valence-corrected chi connectivity index (χ3v) is 8.39. The molecule has 0 saturated heterocycles. The molecule has 7 aromatic rings. The fourth-order valence-electron chi connectivity index (χ4n) is 5.74. The van der Waals surface area contributed by atoms with Crippen molar-refractivity contribution in [3.63, 3.8) is 0 Å². The molecule has 0 atom stereocenters. The summed E-state index contributed by atoms with van der Waals surface area (Å²) in [6.07, 6.45) is 2.17. The molecule has 7 rings (SSSR count). The van der Waals surface area contributed by atoms with Crippen LogP contribution in [0.2, 0.25) is 0 Å². The van der Waals surface area contributed by atoms with Crippen molar-refractivity contribution in [1.29, 1.82) is 0 Å². The highest BCUT2D eigenvalue weighted by molar-refractivity contribution is 9.10. The van der Waals surface area contributed by atoms with E-state index in [1.807, 2.05) is 0 Å². The average molecular weight is 621 g/mol. The van der Waals surface area contributed by atoms with Crippen molar-refractivity contribution in [1.82, 2.24) is 15.0 Å². The molecule has 0 spiro atoms. The third kappa shape index (κ3) is 5.47. The lowest BCUT2D eigenvalue weighted by atomic mass is 9.92. The fourth-order valence-corrected chi connectivity index (χ4v) is 6.24. The van der Waals surface area contributed by atoms with Gasteiger partial charge in [0.2, 0.25) is 0 Å². The highest BCUT2D eigenvalue weighted by Crippen LogP contribution is 2.38. The number of halogens is 1. The molecule has 1 aromatic heterocycles. The van der Waals surface area contributed by atoms with E-state index in [0.717, 1.165) is 39.6 Å². The number of aryl methyl sites for hydroxylation is 2. The topological polar surface area (TPSA) is 38.7 Å². The Morgan fingerprint density at radius 1 is 0.535 bits per heavy atom. The van der Waals surface area contributed by atoms with Crippen LogP contribution in [0.25, 0.3) is 66.8 Å². The summed E-state index contributed by atoms with van der Waals surface area (Å²) in [6.45, 7) is 4.29. The van der Waals surface area contributed by atoms with Crippen LogP contribution in [-0.2, 0) is 6.42 Å². The van der Waals surface area contributed by atoms with Gasteiger partial charge in [-0.15, -0.1) is 0 Å². The zero-order chi connectivity index (χ0) is 29.3. The summed E-state index contributed by atoms with van der Waals surface area (Å²) in [5.41, 5.74) is 7.68. The van der Waals surface area contributed by atoms with E-state index in [-0.39, 0.29) is 0 Å². The summed E-state index contributed by atoms with van der Waals surface area (Å²) in [5, 5.41) is 4.93. The molecule has 0 aliphatic rings. The highest BCUT2D eigenvalue weighted by atomic mass is 79.9. The maximum atomic E-state index is 5.04. The first-order chi connectivity index (χ1) is 21.1. The van der Waals surface area contributed by atoms with Crippen molar-refractivity contribution in [2.45, 2.75) is 26.7 Å². The largest absolute Gasteiger partial charge is 0.208 e. The molecule has 208 valence electrons. The highest BCUT2D eigenvalue weighted by Gasteiger charge is 2.15. The van der Waals surface area contributed by atoms with Gasteiger partial charge in [0.25, 0.3) is 0 Å². The molecule has 0 aliphatic heterocycles. The SMILES string of the molecule is CCCc1ccc(-c2nc(-c3ccc(C)cc3)nc(-c3cc(Br)cc(-c4cc5ccccc5c5ccccc45)c3)n2)cc1. The Bertz CT molecular complexity index is 2100. The van der Waals surface area contributed by atoms with Crippen molar-refractivity contribution in [3.8, 4) is 45.3 Å². The van der Waals surface area contributed by atoms with Gasteiger partial charge >= 0.3 is 0 Å². The number of benzene rings is 6. The standard InChI is InChI=1S/C39H30BrN3/c1-3-8-26-15-19-28(20-16-26)38-41-37(27-17-13-25(2)14-18-27)42-39(43-38)31-21-30(22-32(40)23-31)36-24-29-9-4-5-10-33(29)34-11-6-7-12-35(34)36/h4-7,9-24H,3,8H2,1-2H3. The predicted molar refractivity (Wildman–Crippen MR) is 183 cm³/mol. The van der Waals surface area contributed by atoms with Gasteiger partial charge in [0.15, 0.2) is 17.5 Å². The Kier molecular flexibility index (Phi) is 7.30. The van der Waals surface area contributed by atoms with Crippen molar-refractivity contribution in [2.75, 3.05) is 0 Å². The first-order valence-electron chi connectivity index (χ1n) is 14.7. The van der Waals surface area contributed by atoms with Crippen molar-refractivity contribution < 1.29 is 0 Å². The van der Waals surface area contributed by atoms with E-state index in [1.165, 1.54) is 38.2 Å². The van der Waals surface area contributed by atoms with E-state index in [0.29, 0.717) is 17.5 Å². The molecule has 3 nitrogen and oxygen atoms in total. The maximum Gasteiger partial charge on any atom is 0.164 e. The minimum atomic E-state index is 0.644. The summed E-state index contributed by atoms with van der Waals surface area (Å²) >= 11 is 3.81. The van der Waals surface area contributed by atoms with E-state index in [2.05, 4.69) is 151 Å². The lowest BCUT2D eigenvalue weighted by molar-refractivity contribution is 0.922. The number of aromatic nitrogens is 3. The molecule has 4 heteroatoms. The quantitative estimate of drug-likeness (QED) is 0.174. The molecular weight excluding hydrogens is 590 g/mol. The van der Waals surface area contributed by atoms with E-state index in [9.17, 15) is 0 Å². The average Bonchev–Trinajstić information content (AvgIpc) is 3.05. The van der Waals surface area contributed by atoms with Crippen LogP contribution in [0.1, 0.15) is 24.5 Å². The van der Waals surface area contributed by atoms with Crippen LogP contribution in [0.5, 0.6) is 0 Å². The van der Waals surface area contributed by atoms with Gasteiger partial charge in [0.1, 0.15) is 0 Å². The second kappa shape index (κ2) is 11.5.